The van der Waals surface area contributed by atoms with Crippen LogP contribution in [0.5, 0.6) is 0 Å². The highest BCUT2D eigenvalue weighted by Crippen LogP contribution is 2.31. The van der Waals surface area contributed by atoms with Gasteiger partial charge < -0.3 is 11.1 Å². The number of carbonyl (C=O) groups excluding carboxylic acids is 1. The average Bonchev–Trinajstić information content (AvgIpc) is 3.01. The molecule has 0 bridgehead atoms. The lowest BCUT2D eigenvalue weighted by molar-refractivity contribution is -0.121. The summed E-state index contributed by atoms with van der Waals surface area (Å²) in [5, 5.41) is 6.83. The van der Waals surface area contributed by atoms with Crippen LogP contribution in [0.25, 0.3) is 0 Å². The predicted molar refractivity (Wildman–Crippen MR) is 63.6 cm³/mol. The fourth-order valence-electron chi connectivity index (χ4n) is 1.55. The molecule has 16 heavy (non-hydrogen) atoms. The Labute approximate surface area is 103 Å². The molecule has 1 aromatic heterocycles. The SMILES string of the molecule is NC(CNC(=O)Cn1cc(Br)cn1)C1CC1. The normalized spacial score (nSPS) is 17.1. The number of hydrogen-bond donors (Lipinski definition) is 2. The van der Waals surface area contributed by atoms with Crippen LogP contribution in [0.4, 0.5) is 0 Å². The Morgan fingerprint density at radius 2 is 2.50 bits per heavy atom. The van der Waals surface area contributed by atoms with Crippen LogP contribution < -0.4 is 11.1 Å². The molecule has 6 heteroatoms. The fourth-order valence-corrected chi connectivity index (χ4v) is 1.88. The first-order valence-corrected chi connectivity index (χ1v) is 6.14. The molecule has 5 nitrogen and oxygen atoms in total. The highest BCUT2D eigenvalue weighted by atomic mass is 79.9. The Bertz CT molecular complexity index is 375. The lowest BCUT2D eigenvalue weighted by Crippen LogP contribution is -2.39. The van der Waals surface area contributed by atoms with Crippen molar-refractivity contribution in [3.8, 4) is 0 Å². The van der Waals surface area contributed by atoms with Crippen molar-refractivity contribution < 1.29 is 4.79 Å². The highest BCUT2D eigenvalue weighted by Gasteiger charge is 2.28. The summed E-state index contributed by atoms with van der Waals surface area (Å²) in [6.45, 7) is 0.801. The van der Waals surface area contributed by atoms with Gasteiger partial charge in [0.25, 0.3) is 0 Å². The first-order chi connectivity index (χ1) is 7.65. The third-order valence-electron chi connectivity index (χ3n) is 2.67. The van der Waals surface area contributed by atoms with Gasteiger partial charge in [-0.15, -0.1) is 0 Å². The number of nitrogens with one attached hydrogen (secondary N) is 1. The summed E-state index contributed by atoms with van der Waals surface area (Å²) in [6.07, 6.45) is 5.82. The van der Waals surface area contributed by atoms with Gasteiger partial charge in [-0.05, 0) is 34.7 Å². The summed E-state index contributed by atoms with van der Waals surface area (Å²) in [7, 11) is 0. The van der Waals surface area contributed by atoms with Crippen molar-refractivity contribution >= 4 is 21.8 Å². The van der Waals surface area contributed by atoms with Gasteiger partial charge in [-0.3, -0.25) is 9.48 Å². The van der Waals surface area contributed by atoms with Gasteiger partial charge in [-0.2, -0.15) is 5.10 Å². The molecule has 1 aliphatic rings. The zero-order valence-electron chi connectivity index (χ0n) is 8.90. The van der Waals surface area contributed by atoms with Crippen LogP contribution in [0.2, 0.25) is 0 Å². The number of nitrogens with zero attached hydrogens (tertiary/aromatic N) is 2. The van der Waals surface area contributed by atoms with Crippen LogP contribution >= 0.6 is 15.9 Å². The molecule has 3 N–H and O–H groups in total. The largest absolute Gasteiger partial charge is 0.353 e. The van der Waals surface area contributed by atoms with Gasteiger partial charge in [-0.1, -0.05) is 0 Å². The maximum Gasteiger partial charge on any atom is 0.241 e. The molecule has 2 rings (SSSR count). The van der Waals surface area contributed by atoms with Crippen LogP contribution in [0.3, 0.4) is 0 Å². The standard InChI is InChI=1S/C10H15BrN4O/c11-8-3-14-15(5-8)6-10(16)13-4-9(12)7-1-2-7/h3,5,7,9H,1-2,4,6,12H2,(H,13,16). The van der Waals surface area contributed by atoms with E-state index in [0.717, 1.165) is 4.47 Å². The Balaban J connectivity index is 1.71. The Morgan fingerprint density at radius 1 is 1.75 bits per heavy atom. The lowest BCUT2D eigenvalue weighted by Gasteiger charge is -2.11. The van der Waals surface area contributed by atoms with Crippen molar-refractivity contribution in [1.82, 2.24) is 15.1 Å². The Hall–Kier alpha value is -0.880. The minimum atomic E-state index is -0.0494. The van der Waals surface area contributed by atoms with E-state index >= 15 is 0 Å². The van der Waals surface area contributed by atoms with Gasteiger partial charge in [0.1, 0.15) is 6.54 Å². The average molecular weight is 287 g/mol. The number of hydrogen-bond acceptors (Lipinski definition) is 3. The molecule has 88 valence electrons. The number of rotatable bonds is 5. The summed E-state index contributed by atoms with van der Waals surface area (Å²) in [5.74, 6) is 0.561. The second-order valence-electron chi connectivity index (χ2n) is 4.16. The van der Waals surface area contributed by atoms with E-state index in [-0.39, 0.29) is 18.5 Å². The zero-order valence-corrected chi connectivity index (χ0v) is 10.5. The molecule has 1 aliphatic carbocycles. The second kappa shape index (κ2) is 4.97. The topological polar surface area (TPSA) is 72.9 Å². The molecule has 0 spiro atoms. The van der Waals surface area contributed by atoms with Gasteiger partial charge in [0.05, 0.1) is 10.7 Å². The monoisotopic (exact) mass is 286 g/mol. The van der Waals surface area contributed by atoms with Crippen molar-refractivity contribution in [3.63, 3.8) is 0 Å². The molecule has 1 amide bonds. The van der Waals surface area contributed by atoms with Gasteiger partial charge in [-0.25, -0.2) is 0 Å². The molecule has 1 heterocycles. The van der Waals surface area contributed by atoms with E-state index in [0.29, 0.717) is 12.5 Å². The molecule has 1 saturated carbocycles. The minimum Gasteiger partial charge on any atom is -0.353 e. The molecule has 0 radical (unpaired) electrons. The van der Waals surface area contributed by atoms with Crippen molar-refractivity contribution in [2.24, 2.45) is 11.7 Å². The molecular formula is C10H15BrN4O. The number of amides is 1. The van der Waals surface area contributed by atoms with Gasteiger partial charge in [0.15, 0.2) is 0 Å². The van der Waals surface area contributed by atoms with Crippen molar-refractivity contribution in [2.45, 2.75) is 25.4 Å². The number of aromatic nitrogens is 2. The Morgan fingerprint density at radius 3 is 3.06 bits per heavy atom. The molecule has 0 saturated heterocycles. The number of carbonyl (C=O) groups is 1. The summed E-state index contributed by atoms with van der Waals surface area (Å²) < 4.78 is 2.46. The van der Waals surface area contributed by atoms with Gasteiger partial charge >= 0.3 is 0 Å². The first kappa shape index (κ1) is 11.6. The highest BCUT2D eigenvalue weighted by molar-refractivity contribution is 9.10. The third-order valence-corrected chi connectivity index (χ3v) is 3.08. The van der Waals surface area contributed by atoms with Crippen molar-refractivity contribution in [2.75, 3.05) is 6.54 Å². The second-order valence-corrected chi connectivity index (χ2v) is 5.08. The van der Waals surface area contributed by atoms with Crippen LogP contribution in [0.15, 0.2) is 16.9 Å². The van der Waals surface area contributed by atoms with Crippen molar-refractivity contribution in [1.29, 1.82) is 0 Å². The minimum absolute atomic E-state index is 0.0494. The van der Waals surface area contributed by atoms with Crippen LogP contribution in [0.1, 0.15) is 12.8 Å². The van der Waals surface area contributed by atoms with E-state index in [1.54, 1.807) is 17.1 Å². The van der Waals surface area contributed by atoms with Crippen LogP contribution in [0, 0.1) is 5.92 Å². The summed E-state index contributed by atoms with van der Waals surface area (Å²) >= 11 is 3.28. The lowest BCUT2D eigenvalue weighted by atomic mass is 10.2. The van der Waals surface area contributed by atoms with E-state index in [1.165, 1.54) is 12.8 Å². The van der Waals surface area contributed by atoms with Crippen LogP contribution in [-0.4, -0.2) is 28.3 Å². The number of nitrogens with two attached hydrogens (primary N) is 1. The van der Waals surface area contributed by atoms with E-state index < -0.39 is 0 Å². The molecule has 0 aliphatic heterocycles. The predicted octanol–water partition coefficient (Wildman–Crippen LogP) is 0.499. The quantitative estimate of drug-likeness (QED) is 0.828. The van der Waals surface area contributed by atoms with E-state index in [9.17, 15) is 4.79 Å². The molecule has 0 aromatic carbocycles. The molecular weight excluding hydrogens is 272 g/mol. The van der Waals surface area contributed by atoms with E-state index in [1.807, 2.05) is 0 Å². The van der Waals surface area contributed by atoms with E-state index in [4.69, 9.17) is 5.73 Å². The van der Waals surface area contributed by atoms with Crippen molar-refractivity contribution in [3.05, 3.63) is 16.9 Å². The Kier molecular flexibility index (Phi) is 3.60. The molecule has 1 fully saturated rings. The molecule has 1 aromatic rings. The van der Waals surface area contributed by atoms with Gasteiger partial charge in [0, 0.05) is 18.8 Å². The third kappa shape index (κ3) is 3.31. The number of halogens is 1. The zero-order chi connectivity index (χ0) is 11.5. The first-order valence-electron chi connectivity index (χ1n) is 5.35. The smallest absolute Gasteiger partial charge is 0.241 e. The maximum atomic E-state index is 11.5. The summed E-state index contributed by atoms with van der Waals surface area (Å²) in [5.41, 5.74) is 5.88. The summed E-state index contributed by atoms with van der Waals surface area (Å²) in [4.78, 5) is 11.5. The fraction of sp³-hybridized carbons (Fsp3) is 0.600. The maximum absolute atomic E-state index is 11.5. The molecule has 1 atom stereocenters. The summed E-state index contributed by atoms with van der Waals surface area (Å²) in [6, 6.07) is 0.105. The molecule has 1 unspecified atom stereocenters. The van der Waals surface area contributed by atoms with Gasteiger partial charge in [0.2, 0.25) is 5.91 Å². The van der Waals surface area contributed by atoms with E-state index in [2.05, 4.69) is 26.3 Å². The van der Waals surface area contributed by atoms with Crippen LogP contribution in [-0.2, 0) is 11.3 Å².